The van der Waals surface area contributed by atoms with Gasteiger partial charge in [0.25, 0.3) is 0 Å². The second-order valence-corrected chi connectivity index (χ2v) is 4.84. The highest BCUT2D eigenvalue weighted by molar-refractivity contribution is 7.14. The third-order valence-electron chi connectivity index (χ3n) is 2.14. The minimum Gasteiger partial charge on any atom is -0.494 e. The number of nitrogens with zero attached hydrogens (tertiary/aromatic N) is 2. The summed E-state index contributed by atoms with van der Waals surface area (Å²) in [5.41, 5.74) is 1.02. The third kappa shape index (κ3) is 3.17. The fourth-order valence-electron chi connectivity index (χ4n) is 1.36. The molecule has 0 aliphatic heterocycles. The summed E-state index contributed by atoms with van der Waals surface area (Å²) in [6.45, 7) is 2.81. The van der Waals surface area contributed by atoms with Gasteiger partial charge in [-0.25, -0.2) is 0 Å². The van der Waals surface area contributed by atoms with Crippen molar-refractivity contribution in [2.45, 2.75) is 19.2 Å². The van der Waals surface area contributed by atoms with E-state index < -0.39 is 0 Å². The molecule has 0 radical (unpaired) electrons. The third-order valence-corrected chi connectivity index (χ3v) is 3.52. The van der Waals surface area contributed by atoms with Gasteiger partial charge in [-0.1, -0.05) is 30.4 Å². The molecule has 1 heterocycles. The van der Waals surface area contributed by atoms with Gasteiger partial charge in [0.05, 0.1) is 12.5 Å². The number of aromatic nitrogens is 2. The van der Waals surface area contributed by atoms with Crippen molar-refractivity contribution in [1.82, 2.24) is 10.2 Å². The maximum Gasteiger partial charge on any atom is 0.147 e. The highest BCUT2D eigenvalue weighted by atomic mass is 35.5. The van der Waals surface area contributed by atoms with Crippen LogP contribution in [0.3, 0.4) is 0 Å². The monoisotopic (exact) mass is 268 g/mol. The molecule has 0 aliphatic carbocycles. The van der Waals surface area contributed by atoms with Crippen molar-refractivity contribution in [3.8, 4) is 16.3 Å². The van der Waals surface area contributed by atoms with Gasteiger partial charge in [-0.15, -0.1) is 21.8 Å². The molecule has 0 N–H and O–H groups in total. The average Bonchev–Trinajstić information content (AvgIpc) is 2.85. The molecule has 0 unspecified atom stereocenters. The SMILES string of the molecule is CCCOc1cccc(-c2nnc(CCl)s2)c1. The lowest BCUT2D eigenvalue weighted by atomic mass is 10.2. The first-order valence-corrected chi connectivity index (χ1v) is 6.80. The number of hydrogen-bond donors (Lipinski definition) is 0. The van der Waals surface area contributed by atoms with Gasteiger partial charge in [0.15, 0.2) is 0 Å². The first-order chi connectivity index (χ1) is 8.33. The molecule has 0 fully saturated rings. The summed E-state index contributed by atoms with van der Waals surface area (Å²) in [5.74, 6) is 1.27. The molecular formula is C12H13ClN2OS. The van der Waals surface area contributed by atoms with Crippen LogP contribution < -0.4 is 4.74 Å². The zero-order chi connectivity index (χ0) is 12.1. The number of halogens is 1. The van der Waals surface area contributed by atoms with Gasteiger partial charge >= 0.3 is 0 Å². The summed E-state index contributed by atoms with van der Waals surface area (Å²) >= 11 is 7.22. The Kier molecular flexibility index (Phi) is 4.34. The zero-order valence-electron chi connectivity index (χ0n) is 9.52. The molecule has 3 nitrogen and oxygen atoms in total. The highest BCUT2D eigenvalue weighted by Gasteiger charge is 2.06. The van der Waals surface area contributed by atoms with Gasteiger partial charge in [0, 0.05) is 5.56 Å². The second kappa shape index (κ2) is 5.98. The molecule has 90 valence electrons. The van der Waals surface area contributed by atoms with E-state index in [-0.39, 0.29) is 0 Å². The van der Waals surface area contributed by atoms with Crippen molar-refractivity contribution < 1.29 is 4.74 Å². The lowest BCUT2D eigenvalue weighted by Crippen LogP contribution is -1.94. The molecule has 1 aromatic heterocycles. The van der Waals surface area contributed by atoms with Crippen LogP contribution in [0.25, 0.3) is 10.6 Å². The minimum atomic E-state index is 0.406. The van der Waals surface area contributed by atoms with Crippen LogP contribution in [0.15, 0.2) is 24.3 Å². The Morgan fingerprint density at radius 2 is 2.24 bits per heavy atom. The molecule has 2 aromatic rings. The number of ether oxygens (including phenoxy) is 1. The summed E-state index contributed by atoms with van der Waals surface area (Å²) in [7, 11) is 0. The van der Waals surface area contributed by atoms with E-state index in [1.807, 2.05) is 24.3 Å². The Labute approximate surface area is 109 Å². The number of rotatable bonds is 5. The molecule has 0 spiro atoms. The Balaban J connectivity index is 2.20. The first kappa shape index (κ1) is 12.3. The lowest BCUT2D eigenvalue weighted by Gasteiger charge is -2.04. The summed E-state index contributed by atoms with van der Waals surface area (Å²) in [4.78, 5) is 0. The molecule has 0 amide bonds. The lowest BCUT2D eigenvalue weighted by molar-refractivity contribution is 0.317. The quantitative estimate of drug-likeness (QED) is 0.775. The van der Waals surface area contributed by atoms with Gasteiger partial charge in [-0.2, -0.15) is 0 Å². The van der Waals surface area contributed by atoms with Crippen molar-refractivity contribution in [1.29, 1.82) is 0 Å². The Hall–Kier alpha value is -1.13. The molecule has 0 bridgehead atoms. The van der Waals surface area contributed by atoms with Crippen molar-refractivity contribution in [2.24, 2.45) is 0 Å². The maximum atomic E-state index is 5.71. The summed E-state index contributed by atoms with van der Waals surface area (Å²) in [6, 6.07) is 7.89. The van der Waals surface area contributed by atoms with Gasteiger partial charge in [0.2, 0.25) is 0 Å². The van der Waals surface area contributed by atoms with Crippen LogP contribution in [0.2, 0.25) is 0 Å². The van der Waals surface area contributed by atoms with Crippen molar-refractivity contribution >= 4 is 22.9 Å². The predicted octanol–water partition coefficient (Wildman–Crippen LogP) is 3.73. The highest BCUT2D eigenvalue weighted by Crippen LogP contribution is 2.27. The van der Waals surface area contributed by atoms with Crippen LogP contribution in [0.1, 0.15) is 18.4 Å². The average molecular weight is 269 g/mol. The Morgan fingerprint density at radius 1 is 1.35 bits per heavy atom. The van der Waals surface area contributed by atoms with Crippen LogP contribution >= 0.6 is 22.9 Å². The number of benzene rings is 1. The second-order valence-electron chi connectivity index (χ2n) is 3.51. The van der Waals surface area contributed by atoms with Gasteiger partial charge in [-0.3, -0.25) is 0 Å². The Morgan fingerprint density at radius 3 is 2.94 bits per heavy atom. The van der Waals surface area contributed by atoms with E-state index >= 15 is 0 Å². The topological polar surface area (TPSA) is 35.0 Å². The molecule has 1 aromatic carbocycles. The number of hydrogen-bond acceptors (Lipinski definition) is 4. The van der Waals surface area contributed by atoms with E-state index in [0.717, 1.165) is 34.4 Å². The molecule has 0 saturated heterocycles. The number of alkyl halides is 1. The van der Waals surface area contributed by atoms with E-state index in [2.05, 4.69) is 17.1 Å². The van der Waals surface area contributed by atoms with E-state index in [9.17, 15) is 0 Å². The smallest absolute Gasteiger partial charge is 0.147 e. The molecule has 17 heavy (non-hydrogen) atoms. The largest absolute Gasteiger partial charge is 0.494 e. The normalized spacial score (nSPS) is 10.5. The van der Waals surface area contributed by atoms with E-state index in [1.165, 1.54) is 11.3 Å². The van der Waals surface area contributed by atoms with Crippen LogP contribution in [-0.2, 0) is 5.88 Å². The first-order valence-electron chi connectivity index (χ1n) is 5.45. The molecule has 5 heteroatoms. The van der Waals surface area contributed by atoms with Crippen LogP contribution in [-0.4, -0.2) is 16.8 Å². The summed E-state index contributed by atoms with van der Waals surface area (Å²) in [6.07, 6.45) is 0.999. The van der Waals surface area contributed by atoms with E-state index in [1.54, 1.807) is 0 Å². The van der Waals surface area contributed by atoms with E-state index in [0.29, 0.717) is 5.88 Å². The summed E-state index contributed by atoms with van der Waals surface area (Å²) in [5, 5.41) is 9.82. The van der Waals surface area contributed by atoms with Crippen LogP contribution in [0.5, 0.6) is 5.75 Å². The molecule has 2 rings (SSSR count). The van der Waals surface area contributed by atoms with Gasteiger partial charge in [-0.05, 0) is 18.6 Å². The molecular weight excluding hydrogens is 256 g/mol. The zero-order valence-corrected chi connectivity index (χ0v) is 11.1. The Bertz CT molecular complexity index is 487. The van der Waals surface area contributed by atoms with Crippen LogP contribution in [0.4, 0.5) is 0 Å². The molecule has 0 aliphatic rings. The van der Waals surface area contributed by atoms with Crippen molar-refractivity contribution in [3.05, 3.63) is 29.3 Å². The molecule has 0 saturated carbocycles. The van der Waals surface area contributed by atoms with Crippen LogP contribution in [0, 0.1) is 0 Å². The van der Waals surface area contributed by atoms with Gasteiger partial charge in [0.1, 0.15) is 15.8 Å². The predicted molar refractivity (Wildman–Crippen MR) is 70.7 cm³/mol. The van der Waals surface area contributed by atoms with E-state index in [4.69, 9.17) is 16.3 Å². The fourth-order valence-corrected chi connectivity index (χ4v) is 2.27. The van der Waals surface area contributed by atoms with Crippen molar-refractivity contribution in [3.63, 3.8) is 0 Å². The standard InChI is InChI=1S/C12H13ClN2OS/c1-2-6-16-10-5-3-4-9(7-10)12-15-14-11(8-13)17-12/h3-5,7H,2,6,8H2,1H3. The fraction of sp³-hybridized carbons (Fsp3) is 0.333. The molecule has 0 atom stereocenters. The minimum absolute atomic E-state index is 0.406. The van der Waals surface area contributed by atoms with Gasteiger partial charge < -0.3 is 4.74 Å². The summed E-state index contributed by atoms with van der Waals surface area (Å²) < 4.78 is 5.58. The maximum absolute atomic E-state index is 5.71. The van der Waals surface area contributed by atoms with Crippen molar-refractivity contribution in [2.75, 3.05) is 6.61 Å².